The number of nitrogens with zero attached hydrogens (tertiary/aromatic N) is 3. The number of fused-ring (bicyclic) bond motifs is 1. The smallest absolute Gasteiger partial charge is 0.0702 e. The van der Waals surface area contributed by atoms with Crippen molar-refractivity contribution in [2.24, 2.45) is 0 Å². The van der Waals surface area contributed by atoms with E-state index in [2.05, 4.69) is 32.6 Å². The zero-order chi connectivity index (χ0) is 13.1. The van der Waals surface area contributed by atoms with Crippen molar-refractivity contribution in [3.05, 3.63) is 66.1 Å². The van der Waals surface area contributed by atoms with Crippen LogP contribution in [0.5, 0.6) is 0 Å². The van der Waals surface area contributed by atoms with E-state index >= 15 is 0 Å². The fraction of sp³-hybridized carbons (Fsp3) is 0.133. The van der Waals surface area contributed by atoms with Gasteiger partial charge in [0.2, 0.25) is 0 Å². The first-order valence-electron chi connectivity index (χ1n) is 6.17. The lowest BCUT2D eigenvalue weighted by atomic mass is 10.0. The Morgan fingerprint density at radius 2 is 1.89 bits per heavy atom. The Labute approximate surface area is 111 Å². The maximum Gasteiger partial charge on any atom is 0.0702 e. The molecule has 1 N–H and O–H groups in total. The van der Waals surface area contributed by atoms with Gasteiger partial charge in [-0.15, -0.1) is 0 Å². The van der Waals surface area contributed by atoms with Crippen molar-refractivity contribution < 1.29 is 0 Å². The molecule has 19 heavy (non-hydrogen) atoms. The standard InChI is InChI=1S/C15H14N4/c1-16-15(12-6-7-18-19-10-12)13-8-11-4-2-3-5-14(11)17-9-13/h2-10,15-16H,1H3. The molecule has 0 fully saturated rings. The molecule has 2 heterocycles. The molecule has 3 aromatic rings. The summed E-state index contributed by atoms with van der Waals surface area (Å²) in [6.07, 6.45) is 5.38. The third-order valence-corrected chi connectivity index (χ3v) is 3.17. The molecule has 0 aliphatic heterocycles. The number of hydrogen-bond acceptors (Lipinski definition) is 4. The van der Waals surface area contributed by atoms with Gasteiger partial charge in [0.05, 0.1) is 17.8 Å². The van der Waals surface area contributed by atoms with E-state index in [-0.39, 0.29) is 6.04 Å². The number of pyridine rings is 1. The lowest BCUT2D eigenvalue weighted by molar-refractivity contribution is 0.683. The largest absolute Gasteiger partial charge is 0.309 e. The van der Waals surface area contributed by atoms with Gasteiger partial charge in [-0.05, 0) is 36.4 Å². The van der Waals surface area contributed by atoms with Crippen molar-refractivity contribution in [2.45, 2.75) is 6.04 Å². The molecule has 0 saturated heterocycles. The first kappa shape index (κ1) is 11.7. The third-order valence-electron chi connectivity index (χ3n) is 3.17. The summed E-state index contributed by atoms with van der Waals surface area (Å²) in [5.41, 5.74) is 3.21. The monoisotopic (exact) mass is 250 g/mol. The molecule has 0 spiro atoms. The van der Waals surface area contributed by atoms with E-state index < -0.39 is 0 Å². The van der Waals surface area contributed by atoms with E-state index in [9.17, 15) is 0 Å². The lowest BCUT2D eigenvalue weighted by Crippen LogP contribution is -2.18. The van der Waals surface area contributed by atoms with Gasteiger partial charge < -0.3 is 5.32 Å². The van der Waals surface area contributed by atoms with Crippen LogP contribution in [0.4, 0.5) is 0 Å². The van der Waals surface area contributed by atoms with Gasteiger partial charge in [0.15, 0.2) is 0 Å². The highest BCUT2D eigenvalue weighted by atomic mass is 15.1. The van der Waals surface area contributed by atoms with E-state index in [4.69, 9.17) is 0 Å². The highest BCUT2D eigenvalue weighted by Gasteiger charge is 2.12. The molecule has 94 valence electrons. The van der Waals surface area contributed by atoms with Crippen molar-refractivity contribution in [1.82, 2.24) is 20.5 Å². The Kier molecular flexibility index (Phi) is 3.16. The van der Waals surface area contributed by atoms with E-state index in [0.717, 1.165) is 22.0 Å². The van der Waals surface area contributed by atoms with Crippen LogP contribution in [0.15, 0.2) is 55.0 Å². The quantitative estimate of drug-likeness (QED) is 0.775. The Hall–Kier alpha value is -2.33. The normalized spacial score (nSPS) is 12.5. The Morgan fingerprint density at radius 1 is 1.00 bits per heavy atom. The molecule has 0 aliphatic carbocycles. The van der Waals surface area contributed by atoms with Crippen molar-refractivity contribution in [1.29, 1.82) is 0 Å². The van der Waals surface area contributed by atoms with Crippen LogP contribution in [-0.2, 0) is 0 Å². The maximum atomic E-state index is 4.50. The number of hydrogen-bond donors (Lipinski definition) is 1. The van der Waals surface area contributed by atoms with Gasteiger partial charge >= 0.3 is 0 Å². The fourth-order valence-corrected chi connectivity index (χ4v) is 2.24. The number of aromatic nitrogens is 3. The van der Waals surface area contributed by atoms with Gasteiger partial charge in [-0.3, -0.25) is 4.98 Å². The van der Waals surface area contributed by atoms with Crippen LogP contribution in [0.1, 0.15) is 17.2 Å². The van der Waals surface area contributed by atoms with Crippen molar-refractivity contribution in [3.63, 3.8) is 0 Å². The minimum atomic E-state index is 0.0765. The summed E-state index contributed by atoms with van der Waals surface area (Å²) in [4.78, 5) is 4.50. The molecule has 0 bridgehead atoms. The predicted molar refractivity (Wildman–Crippen MR) is 74.7 cm³/mol. The zero-order valence-corrected chi connectivity index (χ0v) is 10.6. The van der Waals surface area contributed by atoms with Gasteiger partial charge in [-0.25, -0.2) is 0 Å². The van der Waals surface area contributed by atoms with Crippen LogP contribution in [0.3, 0.4) is 0 Å². The number of nitrogens with one attached hydrogen (secondary N) is 1. The Morgan fingerprint density at radius 3 is 2.68 bits per heavy atom. The average Bonchev–Trinajstić information content (AvgIpc) is 2.49. The summed E-state index contributed by atoms with van der Waals surface area (Å²) < 4.78 is 0. The molecule has 1 aromatic carbocycles. The summed E-state index contributed by atoms with van der Waals surface area (Å²) >= 11 is 0. The highest BCUT2D eigenvalue weighted by molar-refractivity contribution is 5.78. The number of para-hydroxylation sites is 1. The van der Waals surface area contributed by atoms with Gasteiger partial charge in [0.1, 0.15) is 0 Å². The molecule has 1 unspecified atom stereocenters. The molecular weight excluding hydrogens is 236 g/mol. The van der Waals surface area contributed by atoms with E-state index in [0.29, 0.717) is 0 Å². The Balaban J connectivity index is 2.06. The van der Waals surface area contributed by atoms with E-state index in [1.165, 1.54) is 0 Å². The molecule has 0 aliphatic rings. The topological polar surface area (TPSA) is 50.7 Å². The Bertz CT molecular complexity index is 682. The summed E-state index contributed by atoms with van der Waals surface area (Å²) in [6.45, 7) is 0. The minimum Gasteiger partial charge on any atom is -0.309 e. The van der Waals surface area contributed by atoms with Gasteiger partial charge in [0, 0.05) is 17.8 Å². The highest BCUT2D eigenvalue weighted by Crippen LogP contribution is 2.23. The summed E-state index contributed by atoms with van der Waals surface area (Å²) in [6, 6.07) is 12.3. The molecule has 0 amide bonds. The van der Waals surface area contributed by atoms with Gasteiger partial charge in [-0.1, -0.05) is 18.2 Å². The molecule has 0 saturated carbocycles. The SMILES string of the molecule is CNC(c1ccnnc1)c1cnc2ccccc2c1. The second-order valence-electron chi connectivity index (χ2n) is 4.36. The molecule has 4 heteroatoms. The van der Waals surface area contributed by atoms with Crippen molar-refractivity contribution >= 4 is 10.9 Å². The molecule has 0 radical (unpaired) electrons. The van der Waals surface area contributed by atoms with Crippen molar-refractivity contribution in [3.8, 4) is 0 Å². The molecule has 2 aromatic heterocycles. The van der Waals surface area contributed by atoms with Gasteiger partial charge in [0.25, 0.3) is 0 Å². The van der Waals surface area contributed by atoms with Crippen LogP contribution in [0.25, 0.3) is 10.9 Å². The number of rotatable bonds is 3. The minimum absolute atomic E-state index is 0.0765. The lowest BCUT2D eigenvalue weighted by Gasteiger charge is -2.16. The maximum absolute atomic E-state index is 4.50. The summed E-state index contributed by atoms with van der Waals surface area (Å²) in [5.74, 6) is 0. The zero-order valence-electron chi connectivity index (χ0n) is 10.6. The van der Waals surface area contributed by atoms with Crippen LogP contribution >= 0.6 is 0 Å². The summed E-state index contributed by atoms with van der Waals surface area (Å²) in [7, 11) is 1.93. The first-order valence-corrected chi connectivity index (χ1v) is 6.17. The fourth-order valence-electron chi connectivity index (χ4n) is 2.24. The van der Waals surface area contributed by atoms with Crippen LogP contribution < -0.4 is 5.32 Å². The molecular formula is C15H14N4. The van der Waals surface area contributed by atoms with Crippen molar-refractivity contribution in [2.75, 3.05) is 7.05 Å². The second kappa shape index (κ2) is 5.12. The van der Waals surface area contributed by atoms with Gasteiger partial charge in [-0.2, -0.15) is 10.2 Å². The molecule has 3 rings (SSSR count). The molecule has 4 nitrogen and oxygen atoms in total. The predicted octanol–water partition coefficient (Wildman–Crippen LogP) is 2.33. The van der Waals surface area contributed by atoms with E-state index in [1.54, 1.807) is 12.4 Å². The third kappa shape index (κ3) is 2.30. The second-order valence-corrected chi connectivity index (χ2v) is 4.36. The summed E-state index contributed by atoms with van der Waals surface area (Å²) in [5, 5.41) is 12.2. The number of benzene rings is 1. The van der Waals surface area contributed by atoms with Crippen LogP contribution in [0.2, 0.25) is 0 Å². The first-order chi connectivity index (χ1) is 9.38. The average molecular weight is 250 g/mol. The van der Waals surface area contributed by atoms with Crippen LogP contribution in [0, 0.1) is 0 Å². The molecule has 1 atom stereocenters. The van der Waals surface area contributed by atoms with Crippen LogP contribution in [-0.4, -0.2) is 22.2 Å². The van der Waals surface area contributed by atoms with E-state index in [1.807, 2.05) is 37.5 Å².